The largest absolute Gasteiger partial charge is 0.464 e. The zero-order valence-corrected chi connectivity index (χ0v) is 14.1. The Bertz CT molecular complexity index is 723. The summed E-state index contributed by atoms with van der Waals surface area (Å²) in [6, 6.07) is 13.6. The number of carbonyl (C=O) groups excluding carboxylic acids is 2. The van der Waals surface area contributed by atoms with Crippen molar-refractivity contribution in [1.29, 1.82) is 0 Å². The van der Waals surface area contributed by atoms with E-state index in [4.69, 9.17) is 4.42 Å². The summed E-state index contributed by atoms with van der Waals surface area (Å²) >= 11 is 0. The van der Waals surface area contributed by atoms with Gasteiger partial charge < -0.3 is 14.2 Å². The van der Waals surface area contributed by atoms with Crippen molar-refractivity contribution in [3.8, 4) is 0 Å². The molecule has 1 aromatic carbocycles. The van der Waals surface area contributed by atoms with Crippen molar-refractivity contribution in [3.63, 3.8) is 0 Å². The lowest BCUT2D eigenvalue weighted by molar-refractivity contribution is -0.135. The number of rotatable bonds is 5. The van der Waals surface area contributed by atoms with Crippen molar-refractivity contribution in [2.45, 2.75) is 26.4 Å². The average Bonchev–Trinajstić information content (AvgIpc) is 3.14. The van der Waals surface area contributed by atoms with Gasteiger partial charge in [0.2, 0.25) is 11.8 Å². The zero-order chi connectivity index (χ0) is 17.1. The maximum Gasteiger partial charge on any atom is 0.228 e. The normalized spacial score (nSPS) is 17.3. The van der Waals surface area contributed by atoms with E-state index >= 15 is 0 Å². The second-order valence-electron chi connectivity index (χ2n) is 6.37. The highest BCUT2D eigenvalue weighted by atomic mass is 16.3. The monoisotopic (exact) mass is 326 g/mol. The average molecular weight is 326 g/mol. The standard InChI is InChI=1S/C19H22N2O3/c1-14-8-9-17(24-14)13-20(2)19(23)16-10-18(22)21(12-16)11-15-6-4-3-5-7-15/h3-9,16H,10-13H2,1-2H3/t16-/m1/s1. The molecule has 126 valence electrons. The summed E-state index contributed by atoms with van der Waals surface area (Å²) in [4.78, 5) is 28.2. The molecule has 0 unspecified atom stereocenters. The van der Waals surface area contributed by atoms with Crippen LogP contribution < -0.4 is 0 Å². The van der Waals surface area contributed by atoms with Gasteiger partial charge in [-0.1, -0.05) is 30.3 Å². The third kappa shape index (κ3) is 3.67. The van der Waals surface area contributed by atoms with E-state index in [1.807, 2.05) is 49.4 Å². The van der Waals surface area contributed by atoms with E-state index in [1.165, 1.54) is 0 Å². The second kappa shape index (κ2) is 6.91. The summed E-state index contributed by atoms with van der Waals surface area (Å²) < 4.78 is 5.52. The van der Waals surface area contributed by atoms with Crippen LogP contribution in [0.15, 0.2) is 46.9 Å². The summed E-state index contributed by atoms with van der Waals surface area (Å²) in [7, 11) is 1.75. The molecule has 0 spiro atoms. The van der Waals surface area contributed by atoms with Crippen LogP contribution in [0.1, 0.15) is 23.5 Å². The summed E-state index contributed by atoms with van der Waals surface area (Å²) in [6.07, 6.45) is 0.285. The maximum atomic E-state index is 12.6. The number of amides is 2. The lowest BCUT2D eigenvalue weighted by atomic mass is 10.1. The van der Waals surface area contributed by atoms with E-state index in [9.17, 15) is 9.59 Å². The van der Waals surface area contributed by atoms with Crippen LogP contribution in [0.5, 0.6) is 0 Å². The van der Waals surface area contributed by atoms with Gasteiger partial charge in [0, 0.05) is 26.6 Å². The van der Waals surface area contributed by atoms with Gasteiger partial charge in [-0.2, -0.15) is 0 Å². The first-order valence-corrected chi connectivity index (χ1v) is 8.15. The van der Waals surface area contributed by atoms with Gasteiger partial charge in [-0.15, -0.1) is 0 Å². The SMILES string of the molecule is Cc1ccc(CN(C)C(=O)[C@@H]2CC(=O)N(Cc3ccccc3)C2)o1. The van der Waals surface area contributed by atoms with E-state index in [1.54, 1.807) is 16.8 Å². The molecular weight excluding hydrogens is 304 g/mol. The Morgan fingerprint density at radius 3 is 2.67 bits per heavy atom. The highest BCUT2D eigenvalue weighted by Crippen LogP contribution is 2.22. The molecule has 1 aliphatic heterocycles. The molecule has 1 aromatic heterocycles. The highest BCUT2D eigenvalue weighted by Gasteiger charge is 2.35. The number of hydrogen-bond donors (Lipinski definition) is 0. The van der Waals surface area contributed by atoms with E-state index in [-0.39, 0.29) is 24.2 Å². The van der Waals surface area contributed by atoms with Crippen LogP contribution in [0.25, 0.3) is 0 Å². The van der Waals surface area contributed by atoms with Crippen molar-refractivity contribution in [2.75, 3.05) is 13.6 Å². The molecule has 0 aliphatic carbocycles. The third-order valence-electron chi connectivity index (χ3n) is 4.35. The fourth-order valence-electron chi connectivity index (χ4n) is 3.09. The lowest BCUT2D eigenvalue weighted by Gasteiger charge is -2.20. The fraction of sp³-hybridized carbons (Fsp3) is 0.368. The van der Waals surface area contributed by atoms with Crippen LogP contribution in [0.3, 0.4) is 0 Å². The molecule has 1 fully saturated rings. The smallest absolute Gasteiger partial charge is 0.228 e. The molecular formula is C19H22N2O3. The molecule has 24 heavy (non-hydrogen) atoms. The summed E-state index contributed by atoms with van der Waals surface area (Å²) in [5.74, 6) is 1.35. The van der Waals surface area contributed by atoms with Crippen molar-refractivity contribution in [3.05, 3.63) is 59.5 Å². The van der Waals surface area contributed by atoms with E-state index in [0.29, 0.717) is 19.6 Å². The molecule has 5 nitrogen and oxygen atoms in total. The van der Waals surface area contributed by atoms with E-state index < -0.39 is 0 Å². The van der Waals surface area contributed by atoms with Crippen molar-refractivity contribution >= 4 is 11.8 Å². The third-order valence-corrected chi connectivity index (χ3v) is 4.35. The van der Waals surface area contributed by atoms with Crippen LogP contribution in [0.4, 0.5) is 0 Å². The molecule has 1 atom stereocenters. The predicted molar refractivity (Wildman–Crippen MR) is 89.9 cm³/mol. The number of furan rings is 1. The number of benzene rings is 1. The summed E-state index contributed by atoms with van der Waals surface area (Å²) in [5.41, 5.74) is 1.08. The van der Waals surface area contributed by atoms with Crippen LogP contribution in [0, 0.1) is 12.8 Å². The topological polar surface area (TPSA) is 53.8 Å². The minimum Gasteiger partial charge on any atom is -0.464 e. The summed E-state index contributed by atoms with van der Waals surface area (Å²) in [5, 5.41) is 0. The Balaban J connectivity index is 1.59. The number of nitrogens with zero attached hydrogens (tertiary/aromatic N) is 2. The van der Waals surface area contributed by atoms with Crippen molar-refractivity contribution in [1.82, 2.24) is 9.80 Å². The molecule has 1 aliphatic rings. The quantitative estimate of drug-likeness (QED) is 0.848. The Morgan fingerprint density at radius 2 is 2.00 bits per heavy atom. The fourth-order valence-corrected chi connectivity index (χ4v) is 3.09. The molecule has 0 N–H and O–H groups in total. The van der Waals surface area contributed by atoms with Crippen LogP contribution in [-0.2, 0) is 22.7 Å². The lowest BCUT2D eigenvalue weighted by Crippen LogP contribution is -2.34. The Labute approximate surface area is 141 Å². The number of hydrogen-bond acceptors (Lipinski definition) is 3. The van der Waals surface area contributed by atoms with E-state index in [0.717, 1.165) is 17.1 Å². The zero-order valence-electron chi connectivity index (χ0n) is 14.1. The Hall–Kier alpha value is -2.56. The Morgan fingerprint density at radius 1 is 1.25 bits per heavy atom. The number of aryl methyl sites for hydroxylation is 1. The second-order valence-corrected chi connectivity index (χ2v) is 6.37. The van der Waals surface area contributed by atoms with Gasteiger partial charge in [0.25, 0.3) is 0 Å². The molecule has 5 heteroatoms. The van der Waals surface area contributed by atoms with Gasteiger partial charge in [-0.05, 0) is 24.6 Å². The van der Waals surface area contributed by atoms with Gasteiger partial charge in [-0.3, -0.25) is 9.59 Å². The molecule has 0 radical (unpaired) electrons. The predicted octanol–water partition coefficient (Wildman–Crippen LogP) is 2.60. The van der Waals surface area contributed by atoms with E-state index in [2.05, 4.69) is 0 Å². The van der Waals surface area contributed by atoms with Gasteiger partial charge in [0.1, 0.15) is 11.5 Å². The Kier molecular flexibility index (Phi) is 4.69. The maximum absolute atomic E-state index is 12.6. The van der Waals surface area contributed by atoms with Crippen molar-refractivity contribution < 1.29 is 14.0 Å². The molecule has 2 heterocycles. The first kappa shape index (κ1) is 16.3. The first-order valence-electron chi connectivity index (χ1n) is 8.15. The van der Waals surface area contributed by atoms with Crippen LogP contribution in [-0.4, -0.2) is 35.2 Å². The highest BCUT2D eigenvalue weighted by molar-refractivity contribution is 5.89. The van der Waals surface area contributed by atoms with Gasteiger partial charge >= 0.3 is 0 Å². The number of carbonyl (C=O) groups is 2. The molecule has 2 aromatic rings. The van der Waals surface area contributed by atoms with Crippen LogP contribution >= 0.6 is 0 Å². The molecule has 2 amide bonds. The van der Waals surface area contributed by atoms with Crippen molar-refractivity contribution in [2.24, 2.45) is 5.92 Å². The molecule has 1 saturated heterocycles. The molecule has 0 saturated carbocycles. The van der Waals surface area contributed by atoms with Gasteiger partial charge in [0.15, 0.2) is 0 Å². The molecule has 3 rings (SSSR count). The van der Waals surface area contributed by atoms with Gasteiger partial charge in [-0.25, -0.2) is 0 Å². The molecule has 0 bridgehead atoms. The minimum absolute atomic E-state index is 0.00651. The van der Waals surface area contributed by atoms with Crippen LogP contribution in [0.2, 0.25) is 0 Å². The summed E-state index contributed by atoms with van der Waals surface area (Å²) in [6.45, 7) is 3.34. The number of likely N-dealkylation sites (tertiary alicyclic amines) is 1. The first-order chi connectivity index (χ1) is 11.5. The minimum atomic E-state index is -0.276. The van der Waals surface area contributed by atoms with Gasteiger partial charge in [0.05, 0.1) is 12.5 Å².